The van der Waals surface area contributed by atoms with E-state index in [0.717, 1.165) is 50.3 Å². The van der Waals surface area contributed by atoms with Crippen LogP contribution in [0.1, 0.15) is 43.2 Å². The molecule has 0 radical (unpaired) electrons. The molecule has 2 aromatic carbocycles. The lowest BCUT2D eigenvalue weighted by Crippen LogP contribution is -2.31. The summed E-state index contributed by atoms with van der Waals surface area (Å²) in [5, 5.41) is 3.49. The van der Waals surface area contributed by atoms with Crippen LogP contribution >= 0.6 is 0 Å². The Balaban J connectivity index is 1.50. The summed E-state index contributed by atoms with van der Waals surface area (Å²) in [5.74, 6) is 3.13. The van der Waals surface area contributed by atoms with Crippen molar-refractivity contribution in [2.75, 3.05) is 43.3 Å². The van der Waals surface area contributed by atoms with Gasteiger partial charge >= 0.3 is 0 Å². The molecule has 1 aromatic heterocycles. The third kappa shape index (κ3) is 7.21. The van der Waals surface area contributed by atoms with E-state index >= 15 is 0 Å². The lowest BCUT2D eigenvalue weighted by Gasteiger charge is -2.25. The van der Waals surface area contributed by atoms with E-state index in [1.165, 1.54) is 30.4 Å². The normalized spacial score (nSPS) is 13.9. The van der Waals surface area contributed by atoms with Gasteiger partial charge in [0.05, 0.1) is 14.2 Å². The number of aromatic nitrogens is 3. The minimum absolute atomic E-state index is 0.243. The highest BCUT2D eigenvalue weighted by atomic mass is 16.5. The standard InChI is InChI=1S/C27H36N6O2/c1-34-23-12-8-20(9-13-23)16-18-33(19-17-21-10-14-24(35-2)15-11-21)27-31-25(28)30-26(32-27)29-22-6-4-3-5-7-22/h8-15,22H,3-7,16-19H2,1-2H3,(H3,28,29,30,31,32). The number of nitrogen functional groups attached to an aromatic ring is 1. The summed E-state index contributed by atoms with van der Waals surface area (Å²) in [5.41, 5.74) is 8.57. The Bertz CT molecular complexity index is 1000. The van der Waals surface area contributed by atoms with Crippen LogP contribution in [0.25, 0.3) is 0 Å². The van der Waals surface area contributed by atoms with E-state index in [2.05, 4.69) is 44.5 Å². The monoisotopic (exact) mass is 476 g/mol. The number of nitrogens with zero attached hydrogens (tertiary/aromatic N) is 4. The molecule has 0 amide bonds. The maximum absolute atomic E-state index is 6.12. The molecular formula is C27H36N6O2. The van der Waals surface area contributed by atoms with E-state index in [-0.39, 0.29) is 5.95 Å². The second kappa shape index (κ2) is 12.2. The third-order valence-electron chi connectivity index (χ3n) is 6.52. The maximum Gasteiger partial charge on any atom is 0.231 e. The van der Waals surface area contributed by atoms with Gasteiger partial charge in [-0.3, -0.25) is 0 Å². The van der Waals surface area contributed by atoms with Crippen molar-refractivity contribution in [2.45, 2.75) is 51.0 Å². The summed E-state index contributed by atoms with van der Waals surface area (Å²) in [6.07, 6.45) is 7.75. The molecule has 0 aliphatic heterocycles. The molecule has 0 spiro atoms. The first-order valence-corrected chi connectivity index (χ1v) is 12.4. The van der Waals surface area contributed by atoms with Crippen molar-refractivity contribution in [3.63, 3.8) is 0 Å². The van der Waals surface area contributed by atoms with Crippen molar-refractivity contribution >= 4 is 17.8 Å². The minimum atomic E-state index is 0.243. The Labute approximate surface area is 207 Å². The average Bonchev–Trinajstić information content (AvgIpc) is 2.89. The Kier molecular flexibility index (Phi) is 8.59. The zero-order valence-corrected chi connectivity index (χ0v) is 20.7. The Hall–Kier alpha value is -3.55. The Morgan fingerprint density at radius 2 is 1.34 bits per heavy atom. The van der Waals surface area contributed by atoms with Crippen molar-refractivity contribution in [1.29, 1.82) is 0 Å². The van der Waals surface area contributed by atoms with E-state index < -0.39 is 0 Å². The Morgan fingerprint density at radius 1 is 0.800 bits per heavy atom. The summed E-state index contributed by atoms with van der Waals surface area (Å²) >= 11 is 0. The smallest absolute Gasteiger partial charge is 0.231 e. The van der Waals surface area contributed by atoms with Crippen molar-refractivity contribution in [3.05, 3.63) is 59.7 Å². The molecule has 4 rings (SSSR count). The van der Waals surface area contributed by atoms with Crippen molar-refractivity contribution in [2.24, 2.45) is 0 Å². The number of nitrogens with one attached hydrogen (secondary N) is 1. The van der Waals surface area contributed by atoms with Crippen LogP contribution in [0.15, 0.2) is 48.5 Å². The van der Waals surface area contributed by atoms with E-state index in [9.17, 15) is 0 Å². The predicted octanol–water partition coefficient (Wildman–Crippen LogP) is 4.51. The van der Waals surface area contributed by atoms with Crippen LogP contribution in [0, 0.1) is 0 Å². The molecule has 1 aliphatic rings. The molecule has 0 atom stereocenters. The zero-order valence-electron chi connectivity index (χ0n) is 20.7. The number of benzene rings is 2. The Morgan fingerprint density at radius 3 is 1.86 bits per heavy atom. The van der Waals surface area contributed by atoms with Gasteiger partial charge in [0.2, 0.25) is 17.8 Å². The van der Waals surface area contributed by atoms with E-state index in [4.69, 9.17) is 20.2 Å². The highest BCUT2D eigenvalue weighted by Gasteiger charge is 2.17. The highest BCUT2D eigenvalue weighted by Crippen LogP contribution is 2.22. The summed E-state index contributed by atoms with van der Waals surface area (Å²) in [4.78, 5) is 15.9. The number of ether oxygens (including phenoxy) is 2. The van der Waals surface area contributed by atoms with Crippen LogP contribution in [0.4, 0.5) is 17.8 Å². The fourth-order valence-electron chi connectivity index (χ4n) is 4.44. The van der Waals surface area contributed by atoms with Crippen LogP contribution in [-0.4, -0.2) is 48.3 Å². The first kappa shape index (κ1) is 24.6. The second-order valence-corrected chi connectivity index (χ2v) is 8.98. The average molecular weight is 477 g/mol. The number of hydrogen-bond acceptors (Lipinski definition) is 8. The molecule has 1 heterocycles. The van der Waals surface area contributed by atoms with Gasteiger partial charge in [-0.25, -0.2) is 0 Å². The fourth-order valence-corrected chi connectivity index (χ4v) is 4.44. The number of anilines is 3. The molecule has 1 fully saturated rings. The zero-order chi connectivity index (χ0) is 24.5. The van der Waals surface area contributed by atoms with Gasteiger partial charge in [-0.15, -0.1) is 0 Å². The van der Waals surface area contributed by atoms with Gasteiger partial charge in [0.15, 0.2) is 0 Å². The molecular weight excluding hydrogens is 440 g/mol. The van der Waals surface area contributed by atoms with Crippen LogP contribution in [0.3, 0.4) is 0 Å². The largest absolute Gasteiger partial charge is 0.497 e. The number of methoxy groups -OCH3 is 2. The van der Waals surface area contributed by atoms with Gasteiger partial charge < -0.3 is 25.4 Å². The number of hydrogen-bond donors (Lipinski definition) is 2. The highest BCUT2D eigenvalue weighted by molar-refractivity contribution is 5.43. The lowest BCUT2D eigenvalue weighted by molar-refractivity contribution is 0.414. The van der Waals surface area contributed by atoms with Crippen LogP contribution in [0.2, 0.25) is 0 Å². The number of rotatable bonds is 11. The van der Waals surface area contributed by atoms with Crippen molar-refractivity contribution in [1.82, 2.24) is 15.0 Å². The van der Waals surface area contributed by atoms with Crippen molar-refractivity contribution in [3.8, 4) is 11.5 Å². The topological polar surface area (TPSA) is 98.4 Å². The molecule has 3 N–H and O–H groups in total. The summed E-state index contributed by atoms with van der Waals surface area (Å²) in [7, 11) is 3.36. The van der Waals surface area contributed by atoms with E-state index in [0.29, 0.717) is 17.9 Å². The number of nitrogens with two attached hydrogens (primary N) is 1. The third-order valence-corrected chi connectivity index (χ3v) is 6.52. The lowest BCUT2D eigenvalue weighted by atomic mass is 9.96. The van der Waals surface area contributed by atoms with Crippen LogP contribution in [-0.2, 0) is 12.8 Å². The maximum atomic E-state index is 6.12. The summed E-state index contributed by atoms with van der Waals surface area (Å²) < 4.78 is 10.6. The molecule has 8 nitrogen and oxygen atoms in total. The predicted molar refractivity (Wildman–Crippen MR) is 140 cm³/mol. The molecule has 186 valence electrons. The minimum Gasteiger partial charge on any atom is -0.497 e. The first-order valence-electron chi connectivity index (χ1n) is 12.4. The molecule has 0 unspecified atom stereocenters. The van der Waals surface area contributed by atoms with Crippen LogP contribution < -0.4 is 25.4 Å². The molecule has 8 heteroatoms. The molecule has 0 saturated heterocycles. The SMILES string of the molecule is COc1ccc(CCN(CCc2ccc(OC)cc2)c2nc(N)nc(NC3CCCCC3)n2)cc1. The van der Waals surface area contributed by atoms with E-state index in [1.807, 2.05) is 24.3 Å². The first-order chi connectivity index (χ1) is 17.1. The van der Waals surface area contributed by atoms with Crippen molar-refractivity contribution < 1.29 is 9.47 Å². The quantitative estimate of drug-likeness (QED) is 0.417. The van der Waals surface area contributed by atoms with Gasteiger partial charge in [0, 0.05) is 19.1 Å². The van der Waals surface area contributed by atoms with Crippen LogP contribution in [0.5, 0.6) is 11.5 Å². The summed E-state index contributed by atoms with van der Waals surface area (Å²) in [6, 6.07) is 16.7. The molecule has 1 saturated carbocycles. The molecule has 1 aliphatic carbocycles. The van der Waals surface area contributed by atoms with Gasteiger partial charge in [-0.1, -0.05) is 43.5 Å². The van der Waals surface area contributed by atoms with E-state index in [1.54, 1.807) is 14.2 Å². The molecule has 0 bridgehead atoms. The van der Waals surface area contributed by atoms with Gasteiger partial charge in [-0.2, -0.15) is 15.0 Å². The molecule has 3 aromatic rings. The summed E-state index contributed by atoms with van der Waals surface area (Å²) in [6.45, 7) is 1.52. The fraction of sp³-hybridized carbons (Fsp3) is 0.444. The van der Waals surface area contributed by atoms with Gasteiger partial charge in [0.25, 0.3) is 0 Å². The molecule has 35 heavy (non-hydrogen) atoms. The van der Waals surface area contributed by atoms with Gasteiger partial charge in [-0.05, 0) is 61.1 Å². The second-order valence-electron chi connectivity index (χ2n) is 8.98. The van der Waals surface area contributed by atoms with Gasteiger partial charge in [0.1, 0.15) is 11.5 Å².